The Morgan fingerprint density at radius 3 is 2.48 bits per heavy atom. The average molecular weight is 287 g/mol. The highest BCUT2D eigenvalue weighted by Gasteiger charge is 2.13. The van der Waals surface area contributed by atoms with Crippen LogP contribution < -0.4 is 9.47 Å². The maximum Gasteiger partial charge on any atom is 0.273 e. The van der Waals surface area contributed by atoms with Gasteiger partial charge in [0.1, 0.15) is 12.0 Å². The van der Waals surface area contributed by atoms with Crippen molar-refractivity contribution in [3.63, 3.8) is 0 Å². The van der Waals surface area contributed by atoms with Crippen molar-refractivity contribution in [3.8, 4) is 17.2 Å². The second-order valence-corrected chi connectivity index (χ2v) is 4.33. The van der Waals surface area contributed by atoms with Crippen molar-refractivity contribution < 1.29 is 19.2 Å². The van der Waals surface area contributed by atoms with Crippen molar-refractivity contribution in [2.45, 2.75) is 6.92 Å². The normalized spacial score (nSPS) is 10.0. The van der Waals surface area contributed by atoms with Crippen molar-refractivity contribution in [3.05, 3.63) is 57.6 Å². The number of aldehydes is 1. The van der Waals surface area contributed by atoms with Crippen LogP contribution in [0.25, 0.3) is 0 Å². The van der Waals surface area contributed by atoms with Crippen LogP contribution in [-0.4, -0.2) is 18.3 Å². The van der Waals surface area contributed by atoms with E-state index in [2.05, 4.69) is 0 Å². The highest BCUT2D eigenvalue weighted by molar-refractivity contribution is 5.77. The molecule has 0 aliphatic heterocycles. The number of carbonyl (C=O) groups excluding carboxylic acids is 1. The van der Waals surface area contributed by atoms with Crippen LogP contribution >= 0.6 is 0 Å². The molecule has 6 heteroatoms. The molecule has 0 aromatic heterocycles. The summed E-state index contributed by atoms with van der Waals surface area (Å²) in [5, 5.41) is 10.8. The summed E-state index contributed by atoms with van der Waals surface area (Å²) in [6.45, 7) is 1.78. The predicted molar refractivity (Wildman–Crippen MR) is 76.3 cm³/mol. The number of ether oxygens (including phenoxy) is 2. The minimum Gasteiger partial charge on any atom is -0.493 e. The summed E-state index contributed by atoms with van der Waals surface area (Å²) in [5.74, 6) is 1.10. The zero-order valence-electron chi connectivity index (χ0n) is 11.5. The topological polar surface area (TPSA) is 78.7 Å². The molecule has 0 aliphatic carbocycles. The molecule has 0 amide bonds. The third-order valence-electron chi connectivity index (χ3n) is 2.95. The number of carbonyl (C=O) groups is 1. The number of non-ortho nitro benzene ring substituents is 1. The van der Waals surface area contributed by atoms with E-state index in [4.69, 9.17) is 9.47 Å². The summed E-state index contributed by atoms with van der Waals surface area (Å²) in [6.07, 6.45) is 0.757. The van der Waals surface area contributed by atoms with Crippen LogP contribution in [0.3, 0.4) is 0 Å². The fourth-order valence-electron chi connectivity index (χ4n) is 1.83. The molecular formula is C15H13NO5. The minimum atomic E-state index is -0.507. The van der Waals surface area contributed by atoms with Gasteiger partial charge in [-0.15, -0.1) is 0 Å². The number of hydrogen-bond donors (Lipinski definition) is 0. The molecule has 0 saturated heterocycles. The molecule has 6 nitrogen and oxygen atoms in total. The number of nitro benzene ring substituents is 1. The quantitative estimate of drug-likeness (QED) is 0.477. The Bertz CT molecular complexity index is 696. The molecule has 0 aliphatic rings. The van der Waals surface area contributed by atoms with Crippen LogP contribution in [0.1, 0.15) is 15.9 Å². The van der Waals surface area contributed by atoms with Gasteiger partial charge in [0.15, 0.2) is 11.5 Å². The van der Waals surface area contributed by atoms with E-state index < -0.39 is 4.92 Å². The van der Waals surface area contributed by atoms with E-state index in [-0.39, 0.29) is 11.4 Å². The molecule has 2 aromatic carbocycles. The lowest BCUT2D eigenvalue weighted by Gasteiger charge is -2.11. The fourth-order valence-corrected chi connectivity index (χ4v) is 1.83. The number of methoxy groups -OCH3 is 1. The van der Waals surface area contributed by atoms with Crippen LogP contribution in [-0.2, 0) is 0 Å². The summed E-state index contributed by atoms with van der Waals surface area (Å²) >= 11 is 0. The molecule has 108 valence electrons. The molecule has 0 fully saturated rings. The monoisotopic (exact) mass is 287 g/mol. The maximum atomic E-state index is 10.8. The molecule has 0 saturated carbocycles. The van der Waals surface area contributed by atoms with E-state index in [1.807, 2.05) is 0 Å². The van der Waals surface area contributed by atoms with Crippen molar-refractivity contribution in [1.82, 2.24) is 0 Å². The SMILES string of the molecule is COc1ccc([N+](=O)[O-])cc1Oc1ccc(C=O)c(C)c1. The van der Waals surface area contributed by atoms with Crippen molar-refractivity contribution >= 4 is 12.0 Å². The van der Waals surface area contributed by atoms with E-state index in [9.17, 15) is 14.9 Å². The summed E-state index contributed by atoms with van der Waals surface area (Å²) in [5.41, 5.74) is 1.23. The van der Waals surface area contributed by atoms with Gasteiger partial charge in [-0.25, -0.2) is 0 Å². The first-order valence-corrected chi connectivity index (χ1v) is 6.11. The van der Waals surface area contributed by atoms with E-state index in [0.29, 0.717) is 17.1 Å². The van der Waals surface area contributed by atoms with Crippen LogP contribution in [0, 0.1) is 17.0 Å². The van der Waals surface area contributed by atoms with Crippen LogP contribution in [0.5, 0.6) is 17.2 Å². The number of hydrogen-bond acceptors (Lipinski definition) is 5. The Labute approximate surface area is 121 Å². The van der Waals surface area contributed by atoms with Crippen LogP contribution in [0.2, 0.25) is 0 Å². The zero-order chi connectivity index (χ0) is 15.4. The number of rotatable bonds is 5. The Hall–Kier alpha value is -2.89. The van der Waals surface area contributed by atoms with Gasteiger partial charge >= 0.3 is 0 Å². The predicted octanol–water partition coefficient (Wildman–Crippen LogP) is 3.52. The first-order chi connectivity index (χ1) is 10.0. The van der Waals surface area contributed by atoms with Gasteiger partial charge in [-0.1, -0.05) is 0 Å². The van der Waals surface area contributed by atoms with Gasteiger partial charge in [-0.05, 0) is 36.8 Å². The Morgan fingerprint density at radius 1 is 1.14 bits per heavy atom. The smallest absolute Gasteiger partial charge is 0.273 e. The van der Waals surface area contributed by atoms with Crippen molar-refractivity contribution in [1.29, 1.82) is 0 Å². The molecular weight excluding hydrogens is 274 g/mol. The average Bonchev–Trinajstić information content (AvgIpc) is 2.47. The molecule has 0 spiro atoms. The second kappa shape index (κ2) is 6.04. The van der Waals surface area contributed by atoms with Gasteiger partial charge in [0.25, 0.3) is 5.69 Å². The zero-order valence-corrected chi connectivity index (χ0v) is 11.5. The largest absolute Gasteiger partial charge is 0.493 e. The lowest BCUT2D eigenvalue weighted by molar-refractivity contribution is -0.384. The molecule has 0 atom stereocenters. The molecule has 0 N–H and O–H groups in total. The second-order valence-electron chi connectivity index (χ2n) is 4.33. The van der Waals surface area contributed by atoms with E-state index >= 15 is 0 Å². The molecule has 2 rings (SSSR count). The van der Waals surface area contributed by atoms with E-state index in [0.717, 1.165) is 11.8 Å². The van der Waals surface area contributed by atoms with Crippen molar-refractivity contribution in [2.75, 3.05) is 7.11 Å². The van der Waals surface area contributed by atoms with Gasteiger partial charge < -0.3 is 9.47 Å². The van der Waals surface area contributed by atoms with Gasteiger partial charge in [0, 0.05) is 11.6 Å². The standard InChI is InChI=1S/C15H13NO5/c1-10-7-13(5-3-11(10)9-17)21-15-8-12(16(18)19)4-6-14(15)20-2/h3-9H,1-2H3. The molecule has 21 heavy (non-hydrogen) atoms. The Balaban J connectivity index is 2.37. The van der Waals surface area contributed by atoms with Gasteiger partial charge in [0.05, 0.1) is 18.1 Å². The maximum absolute atomic E-state index is 10.8. The Kier molecular flexibility index (Phi) is 4.18. The fraction of sp³-hybridized carbons (Fsp3) is 0.133. The third kappa shape index (κ3) is 3.17. The minimum absolute atomic E-state index is 0.0907. The first kappa shape index (κ1) is 14.5. The molecule has 2 aromatic rings. The van der Waals surface area contributed by atoms with Gasteiger partial charge in [0.2, 0.25) is 0 Å². The lowest BCUT2D eigenvalue weighted by Crippen LogP contribution is -1.94. The molecule has 0 radical (unpaired) electrons. The van der Waals surface area contributed by atoms with Crippen LogP contribution in [0.15, 0.2) is 36.4 Å². The van der Waals surface area contributed by atoms with E-state index in [1.54, 1.807) is 25.1 Å². The molecule has 0 bridgehead atoms. The number of nitrogens with zero attached hydrogens (tertiary/aromatic N) is 1. The highest BCUT2D eigenvalue weighted by Crippen LogP contribution is 2.35. The number of aryl methyl sites for hydroxylation is 1. The highest BCUT2D eigenvalue weighted by atomic mass is 16.6. The summed E-state index contributed by atoms with van der Waals surface area (Å²) < 4.78 is 10.7. The van der Waals surface area contributed by atoms with Crippen molar-refractivity contribution in [2.24, 2.45) is 0 Å². The van der Waals surface area contributed by atoms with Gasteiger partial charge in [-0.3, -0.25) is 14.9 Å². The number of benzene rings is 2. The molecule has 0 heterocycles. The summed E-state index contributed by atoms with van der Waals surface area (Å²) in [6, 6.07) is 9.03. The lowest BCUT2D eigenvalue weighted by atomic mass is 10.1. The third-order valence-corrected chi connectivity index (χ3v) is 2.95. The molecule has 0 unspecified atom stereocenters. The number of nitro groups is 1. The summed E-state index contributed by atoms with van der Waals surface area (Å²) in [7, 11) is 1.45. The first-order valence-electron chi connectivity index (χ1n) is 6.11. The summed E-state index contributed by atoms with van der Waals surface area (Å²) in [4.78, 5) is 21.1. The van der Waals surface area contributed by atoms with Crippen LogP contribution in [0.4, 0.5) is 5.69 Å². The Morgan fingerprint density at radius 2 is 1.90 bits per heavy atom. The van der Waals surface area contributed by atoms with E-state index in [1.165, 1.54) is 25.3 Å². The van der Waals surface area contributed by atoms with Gasteiger partial charge in [-0.2, -0.15) is 0 Å².